The minimum absolute atomic E-state index is 0.0381. The molecule has 0 unspecified atom stereocenters. The van der Waals surface area contributed by atoms with Crippen LogP contribution in [-0.2, 0) is 6.54 Å². The van der Waals surface area contributed by atoms with E-state index in [1.54, 1.807) is 50.6 Å². The van der Waals surface area contributed by atoms with Crippen molar-refractivity contribution in [1.29, 1.82) is 0 Å². The van der Waals surface area contributed by atoms with Crippen LogP contribution in [0.2, 0.25) is 0 Å². The lowest BCUT2D eigenvalue weighted by Crippen LogP contribution is -2.01. The molecule has 0 amide bonds. The zero-order valence-corrected chi connectivity index (χ0v) is 19.1. The molecule has 0 aliphatic carbocycles. The third-order valence-electron chi connectivity index (χ3n) is 5.98. The number of para-hydroxylation sites is 1. The summed E-state index contributed by atoms with van der Waals surface area (Å²) < 4.78 is 18.1. The van der Waals surface area contributed by atoms with Crippen molar-refractivity contribution >= 4 is 27.5 Å². The summed E-state index contributed by atoms with van der Waals surface area (Å²) in [5.74, 6) is 2.12. The van der Waals surface area contributed by atoms with Gasteiger partial charge in [-0.2, -0.15) is 0 Å². The van der Waals surface area contributed by atoms with Crippen molar-refractivity contribution in [1.82, 2.24) is 14.5 Å². The molecule has 8 nitrogen and oxygen atoms in total. The summed E-state index contributed by atoms with van der Waals surface area (Å²) in [6.45, 7) is 0.349. The fourth-order valence-electron chi connectivity index (χ4n) is 4.30. The van der Waals surface area contributed by atoms with Gasteiger partial charge in [-0.25, -0.2) is 4.98 Å². The lowest BCUT2D eigenvalue weighted by molar-refractivity contribution is 0.393. The fraction of sp³-hybridized carbons (Fsp3) is 0.154. The van der Waals surface area contributed by atoms with E-state index in [1.165, 1.54) is 0 Å². The average Bonchev–Trinajstić information content (AvgIpc) is 3.18. The SMILES string of the molecule is COc1ccc(OC)c(Cn2cc3nc4c(-c5cnccc5OC)cccc4c(N)c3c2O)c1. The molecule has 34 heavy (non-hydrogen) atoms. The Balaban J connectivity index is 1.70. The highest BCUT2D eigenvalue weighted by Gasteiger charge is 2.19. The third-order valence-corrected chi connectivity index (χ3v) is 5.98. The van der Waals surface area contributed by atoms with Gasteiger partial charge >= 0.3 is 0 Å². The number of hydrogen-bond donors (Lipinski definition) is 2. The Hall–Kier alpha value is -4.46. The number of aromatic nitrogens is 3. The van der Waals surface area contributed by atoms with Crippen LogP contribution in [-0.4, -0.2) is 41.0 Å². The van der Waals surface area contributed by atoms with E-state index in [0.717, 1.165) is 22.1 Å². The minimum Gasteiger partial charge on any atom is -0.497 e. The summed E-state index contributed by atoms with van der Waals surface area (Å²) in [6.07, 6.45) is 5.21. The quantitative estimate of drug-likeness (QED) is 0.384. The van der Waals surface area contributed by atoms with Gasteiger partial charge in [-0.1, -0.05) is 18.2 Å². The molecule has 3 heterocycles. The van der Waals surface area contributed by atoms with Crippen LogP contribution in [0.3, 0.4) is 0 Å². The first kappa shape index (κ1) is 21.4. The number of methoxy groups -OCH3 is 3. The molecule has 0 fully saturated rings. The van der Waals surface area contributed by atoms with E-state index in [0.29, 0.717) is 45.9 Å². The van der Waals surface area contributed by atoms with Gasteiger partial charge in [-0.3, -0.25) is 4.98 Å². The first-order chi connectivity index (χ1) is 16.5. The van der Waals surface area contributed by atoms with E-state index in [9.17, 15) is 5.11 Å². The molecule has 0 saturated carbocycles. The first-order valence-electron chi connectivity index (χ1n) is 10.6. The monoisotopic (exact) mass is 456 g/mol. The Morgan fingerprint density at radius 3 is 2.56 bits per heavy atom. The maximum atomic E-state index is 11.1. The van der Waals surface area contributed by atoms with Crippen molar-refractivity contribution in [2.45, 2.75) is 6.54 Å². The van der Waals surface area contributed by atoms with Crippen LogP contribution in [0.1, 0.15) is 5.56 Å². The van der Waals surface area contributed by atoms with Crippen molar-refractivity contribution in [2.75, 3.05) is 27.1 Å². The van der Waals surface area contributed by atoms with Gasteiger partial charge in [0, 0.05) is 40.7 Å². The Morgan fingerprint density at radius 2 is 1.79 bits per heavy atom. The van der Waals surface area contributed by atoms with E-state index < -0.39 is 0 Å². The van der Waals surface area contributed by atoms with Crippen molar-refractivity contribution in [2.24, 2.45) is 0 Å². The standard InChI is InChI=1S/C26H24N4O4/c1-32-16-7-8-21(33-2)15(11-16)13-30-14-20-23(26(30)31)24(27)18-6-4-5-17(25(18)29-20)19-12-28-10-9-22(19)34-3/h4-12,14,31H,13,27H2,1-3H3. The Labute approximate surface area is 196 Å². The van der Waals surface area contributed by atoms with Crippen molar-refractivity contribution in [3.63, 3.8) is 0 Å². The normalized spacial score (nSPS) is 11.1. The Morgan fingerprint density at radius 1 is 0.971 bits per heavy atom. The molecule has 3 N–H and O–H groups in total. The highest BCUT2D eigenvalue weighted by molar-refractivity contribution is 6.12. The molecule has 0 radical (unpaired) electrons. The van der Waals surface area contributed by atoms with Crippen LogP contribution in [0, 0.1) is 0 Å². The molecule has 5 rings (SSSR count). The predicted octanol–water partition coefficient (Wildman–Crippen LogP) is 4.61. The summed E-state index contributed by atoms with van der Waals surface area (Å²) in [4.78, 5) is 9.14. The van der Waals surface area contributed by atoms with E-state index in [4.69, 9.17) is 24.9 Å². The number of pyridine rings is 2. The molecule has 0 aliphatic heterocycles. The molecular formula is C26H24N4O4. The van der Waals surface area contributed by atoms with Crippen LogP contribution in [0.25, 0.3) is 32.9 Å². The smallest absolute Gasteiger partial charge is 0.203 e. The second-order valence-corrected chi connectivity index (χ2v) is 7.82. The molecule has 0 aliphatic rings. The molecule has 0 atom stereocenters. The number of benzene rings is 2. The highest BCUT2D eigenvalue weighted by Crippen LogP contribution is 2.41. The van der Waals surface area contributed by atoms with Gasteiger partial charge in [-0.05, 0) is 24.3 Å². The summed E-state index contributed by atoms with van der Waals surface area (Å²) in [5, 5.41) is 12.3. The van der Waals surface area contributed by atoms with Crippen LogP contribution in [0.5, 0.6) is 23.1 Å². The Bertz CT molecular complexity index is 1530. The average molecular weight is 457 g/mol. The summed E-state index contributed by atoms with van der Waals surface area (Å²) in [6, 6.07) is 13.1. The number of anilines is 1. The highest BCUT2D eigenvalue weighted by atomic mass is 16.5. The largest absolute Gasteiger partial charge is 0.497 e. The van der Waals surface area contributed by atoms with E-state index in [2.05, 4.69) is 4.98 Å². The van der Waals surface area contributed by atoms with Crippen LogP contribution in [0.15, 0.2) is 61.1 Å². The van der Waals surface area contributed by atoms with Gasteiger partial charge in [-0.15, -0.1) is 0 Å². The number of aromatic hydroxyl groups is 1. The number of hydrogen-bond acceptors (Lipinski definition) is 7. The van der Waals surface area contributed by atoms with Gasteiger partial charge in [0.25, 0.3) is 0 Å². The molecule has 8 heteroatoms. The van der Waals surface area contributed by atoms with Gasteiger partial charge in [0.2, 0.25) is 5.88 Å². The summed E-state index contributed by atoms with van der Waals surface area (Å²) in [7, 11) is 4.84. The summed E-state index contributed by atoms with van der Waals surface area (Å²) in [5.41, 5.74) is 10.8. The molecule has 0 saturated heterocycles. The molecular weight excluding hydrogens is 432 g/mol. The number of nitrogens with two attached hydrogens (primary N) is 1. The van der Waals surface area contributed by atoms with Crippen LogP contribution in [0.4, 0.5) is 5.69 Å². The van der Waals surface area contributed by atoms with E-state index in [-0.39, 0.29) is 5.88 Å². The Kier molecular flexibility index (Phi) is 5.33. The van der Waals surface area contributed by atoms with Crippen LogP contribution < -0.4 is 19.9 Å². The molecule has 172 valence electrons. The maximum Gasteiger partial charge on any atom is 0.203 e. The predicted molar refractivity (Wildman–Crippen MR) is 132 cm³/mol. The second-order valence-electron chi connectivity index (χ2n) is 7.82. The van der Waals surface area contributed by atoms with E-state index in [1.807, 2.05) is 36.4 Å². The number of nitrogen functional groups attached to an aromatic ring is 1. The zero-order chi connectivity index (χ0) is 23.8. The molecule has 2 aromatic carbocycles. The van der Waals surface area contributed by atoms with Gasteiger partial charge < -0.3 is 29.6 Å². The lowest BCUT2D eigenvalue weighted by Gasteiger charge is -2.12. The minimum atomic E-state index is 0.0381. The second kappa shape index (κ2) is 8.47. The summed E-state index contributed by atoms with van der Waals surface area (Å²) >= 11 is 0. The van der Waals surface area contributed by atoms with Gasteiger partial charge in [0.05, 0.1) is 50.0 Å². The van der Waals surface area contributed by atoms with Gasteiger partial charge in [0.1, 0.15) is 17.2 Å². The van der Waals surface area contributed by atoms with E-state index >= 15 is 0 Å². The third kappa shape index (κ3) is 3.40. The van der Waals surface area contributed by atoms with Crippen molar-refractivity contribution in [3.05, 3.63) is 66.6 Å². The lowest BCUT2D eigenvalue weighted by atomic mass is 10.0. The number of ether oxygens (including phenoxy) is 3. The van der Waals surface area contributed by atoms with Crippen molar-refractivity contribution < 1.29 is 19.3 Å². The number of fused-ring (bicyclic) bond motifs is 2. The molecule has 3 aromatic heterocycles. The number of rotatable bonds is 6. The fourth-order valence-corrected chi connectivity index (χ4v) is 4.30. The topological polar surface area (TPSA) is 105 Å². The molecule has 0 spiro atoms. The molecule has 5 aromatic rings. The zero-order valence-electron chi connectivity index (χ0n) is 19.1. The molecule has 0 bridgehead atoms. The van der Waals surface area contributed by atoms with Gasteiger partial charge in [0.15, 0.2) is 0 Å². The first-order valence-corrected chi connectivity index (χ1v) is 10.6. The van der Waals surface area contributed by atoms with Crippen molar-refractivity contribution in [3.8, 4) is 34.3 Å². The maximum absolute atomic E-state index is 11.1. The van der Waals surface area contributed by atoms with Crippen LogP contribution >= 0.6 is 0 Å². The number of nitrogens with zero attached hydrogens (tertiary/aromatic N) is 3.